The van der Waals surface area contributed by atoms with Crippen LogP contribution in [0.2, 0.25) is 0 Å². The lowest BCUT2D eigenvalue weighted by Gasteiger charge is -2.22. The summed E-state index contributed by atoms with van der Waals surface area (Å²) in [4.78, 5) is 0. The summed E-state index contributed by atoms with van der Waals surface area (Å²) >= 11 is 0. The lowest BCUT2D eigenvalue weighted by Crippen LogP contribution is -2.16. The molecule has 0 radical (unpaired) electrons. The number of benzene rings is 1. The molecule has 1 aromatic rings. The molecule has 0 saturated heterocycles. The molecule has 2 N–H and O–H groups in total. The van der Waals surface area contributed by atoms with E-state index < -0.39 is 0 Å². The summed E-state index contributed by atoms with van der Waals surface area (Å²) in [5.41, 5.74) is 8.14. The van der Waals surface area contributed by atoms with Crippen molar-refractivity contribution in [2.24, 2.45) is 11.7 Å². The summed E-state index contributed by atoms with van der Waals surface area (Å²) < 4.78 is 10.9. The van der Waals surface area contributed by atoms with Crippen LogP contribution in [-0.4, -0.2) is 20.8 Å². The van der Waals surface area contributed by atoms with E-state index in [0.717, 1.165) is 23.5 Å². The van der Waals surface area contributed by atoms with Gasteiger partial charge in [0, 0.05) is 11.5 Å². The van der Waals surface area contributed by atoms with Gasteiger partial charge in [0.2, 0.25) is 0 Å². The maximum Gasteiger partial charge on any atom is 0.128 e. The van der Waals surface area contributed by atoms with E-state index in [2.05, 4.69) is 19.9 Å². The average Bonchev–Trinajstić information content (AvgIpc) is 2.35. The summed E-state index contributed by atoms with van der Waals surface area (Å²) in [6.07, 6.45) is 1.07. The molecule has 0 aliphatic rings. The molecule has 1 unspecified atom stereocenters. The van der Waals surface area contributed by atoms with Gasteiger partial charge < -0.3 is 15.2 Å². The average molecular weight is 251 g/mol. The third-order valence-corrected chi connectivity index (χ3v) is 3.29. The van der Waals surface area contributed by atoms with Crippen LogP contribution in [0.1, 0.15) is 37.3 Å². The second-order valence-corrected chi connectivity index (χ2v) is 5.08. The van der Waals surface area contributed by atoms with E-state index in [4.69, 9.17) is 15.2 Å². The Kier molecular flexibility index (Phi) is 5.48. The fraction of sp³-hybridized carbons (Fsp3) is 0.600. The third kappa shape index (κ3) is 3.16. The van der Waals surface area contributed by atoms with Gasteiger partial charge in [-0.25, -0.2) is 0 Å². The third-order valence-electron chi connectivity index (χ3n) is 3.29. The minimum Gasteiger partial charge on any atom is -0.496 e. The first-order valence-corrected chi connectivity index (χ1v) is 6.46. The molecule has 18 heavy (non-hydrogen) atoms. The Morgan fingerprint density at radius 2 is 1.83 bits per heavy atom. The fourth-order valence-corrected chi connectivity index (χ4v) is 2.43. The molecule has 0 bridgehead atoms. The van der Waals surface area contributed by atoms with Crippen molar-refractivity contribution >= 4 is 0 Å². The molecule has 0 aromatic heterocycles. The predicted octanol–water partition coefficient (Wildman–Crippen LogP) is 3.10. The Hall–Kier alpha value is -1.22. The van der Waals surface area contributed by atoms with E-state index in [1.807, 2.05) is 13.0 Å². The van der Waals surface area contributed by atoms with E-state index in [1.54, 1.807) is 14.2 Å². The Bertz CT molecular complexity index is 388. The van der Waals surface area contributed by atoms with Gasteiger partial charge in [-0.15, -0.1) is 0 Å². The minimum absolute atomic E-state index is 0.338. The van der Waals surface area contributed by atoms with E-state index in [-0.39, 0.29) is 0 Å². The SMILES string of the molecule is COc1ccc(C(CN)CC(C)C)c(OC)c1C. The van der Waals surface area contributed by atoms with Crippen molar-refractivity contribution < 1.29 is 9.47 Å². The van der Waals surface area contributed by atoms with Crippen LogP contribution in [0.15, 0.2) is 12.1 Å². The minimum atomic E-state index is 0.338. The Labute approximate surface area is 110 Å². The summed E-state index contributed by atoms with van der Waals surface area (Å²) in [7, 11) is 3.38. The van der Waals surface area contributed by atoms with Gasteiger partial charge in [0.1, 0.15) is 11.5 Å². The number of ether oxygens (including phenoxy) is 2. The van der Waals surface area contributed by atoms with E-state index in [9.17, 15) is 0 Å². The first-order chi connectivity index (χ1) is 8.54. The van der Waals surface area contributed by atoms with Crippen molar-refractivity contribution in [2.45, 2.75) is 33.1 Å². The van der Waals surface area contributed by atoms with Gasteiger partial charge in [-0.2, -0.15) is 0 Å². The largest absolute Gasteiger partial charge is 0.496 e. The summed E-state index contributed by atoms with van der Waals surface area (Å²) in [6.45, 7) is 7.08. The van der Waals surface area contributed by atoms with E-state index >= 15 is 0 Å². The van der Waals surface area contributed by atoms with Crippen molar-refractivity contribution in [3.63, 3.8) is 0 Å². The second kappa shape index (κ2) is 6.64. The predicted molar refractivity (Wildman–Crippen MR) is 75.5 cm³/mol. The molecule has 0 fully saturated rings. The van der Waals surface area contributed by atoms with Gasteiger partial charge in [0.15, 0.2) is 0 Å². The van der Waals surface area contributed by atoms with Crippen LogP contribution >= 0.6 is 0 Å². The fourth-order valence-electron chi connectivity index (χ4n) is 2.43. The zero-order valence-electron chi connectivity index (χ0n) is 12.1. The van der Waals surface area contributed by atoms with Gasteiger partial charge in [-0.3, -0.25) is 0 Å². The van der Waals surface area contributed by atoms with Crippen LogP contribution in [-0.2, 0) is 0 Å². The van der Waals surface area contributed by atoms with Crippen LogP contribution in [0, 0.1) is 12.8 Å². The quantitative estimate of drug-likeness (QED) is 0.845. The highest BCUT2D eigenvalue weighted by atomic mass is 16.5. The molecular formula is C15H25NO2. The normalized spacial score (nSPS) is 12.6. The Morgan fingerprint density at radius 1 is 1.17 bits per heavy atom. The topological polar surface area (TPSA) is 44.5 Å². The van der Waals surface area contributed by atoms with Crippen molar-refractivity contribution in [3.8, 4) is 11.5 Å². The van der Waals surface area contributed by atoms with E-state index in [0.29, 0.717) is 18.4 Å². The van der Waals surface area contributed by atoms with Crippen LogP contribution in [0.3, 0.4) is 0 Å². The number of nitrogens with two attached hydrogens (primary N) is 1. The molecule has 0 aliphatic carbocycles. The van der Waals surface area contributed by atoms with Gasteiger partial charge in [-0.05, 0) is 37.4 Å². The molecule has 0 aliphatic heterocycles. The standard InChI is InChI=1S/C15H25NO2/c1-10(2)8-12(9-16)13-6-7-14(17-4)11(3)15(13)18-5/h6-7,10,12H,8-9,16H2,1-5H3. The first-order valence-electron chi connectivity index (χ1n) is 6.46. The Morgan fingerprint density at radius 3 is 2.28 bits per heavy atom. The lowest BCUT2D eigenvalue weighted by molar-refractivity contribution is 0.379. The molecule has 0 amide bonds. The maximum atomic E-state index is 5.91. The van der Waals surface area contributed by atoms with Gasteiger partial charge in [0.25, 0.3) is 0 Å². The maximum absolute atomic E-state index is 5.91. The van der Waals surface area contributed by atoms with E-state index in [1.165, 1.54) is 5.56 Å². The number of hydrogen-bond donors (Lipinski definition) is 1. The zero-order chi connectivity index (χ0) is 13.7. The molecule has 0 spiro atoms. The van der Waals surface area contributed by atoms with Crippen molar-refractivity contribution in [1.82, 2.24) is 0 Å². The highest BCUT2D eigenvalue weighted by Gasteiger charge is 2.19. The number of rotatable bonds is 6. The molecule has 1 aromatic carbocycles. The highest BCUT2D eigenvalue weighted by Crippen LogP contribution is 2.37. The first kappa shape index (κ1) is 14.8. The van der Waals surface area contributed by atoms with Crippen LogP contribution < -0.4 is 15.2 Å². The van der Waals surface area contributed by atoms with Crippen LogP contribution in [0.4, 0.5) is 0 Å². The molecule has 1 atom stereocenters. The Balaban J connectivity index is 3.18. The summed E-state index contributed by atoms with van der Waals surface area (Å²) in [6, 6.07) is 4.07. The van der Waals surface area contributed by atoms with Gasteiger partial charge in [-0.1, -0.05) is 19.9 Å². The van der Waals surface area contributed by atoms with Crippen molar-refractivity contribution in [2.75, 3.05) is 20.8 Å². The summed E-state index contributed by atoms with van der Waals surface area (Å²) in [5.74, 6) is 2.72. The number of hydrogen-bond acceptors (Lipinski definition) is 3. The van der Waals surface area contributed by atoms with Gasteiger partial charge >= 0.3 is 0 Å². The molecule has 1 rings (SSSR count). The molecule has 3 nitrogen and oxygen atoms in total. The van der Waals surface area contributed by atoms with Crippen molar-refractivity contribution in [1.29, 1.82) is 0 Å². The van der Waals surface area contributed by atoms with Crippen molar-refractivity contribution in [3.05, 3.63) is 23.3 Å². The number of methoxy groups -OCH3 is 2. The van der Waals surface area contributed by atoms with Crippen LogP contribution in [0.25, 0.3) is 0 Å². The molecule has 0 heterocycles. The lowest BCUT2D eigenvalue weighted by atomic mass is 9.88. The summed E-state index contributed by atoms with van der Waals surface area (Å²) in [5, 5.41) is 0. The highest BCUT2D eigenvalue weighted by molar-refractivity contribution is 5.50. The van der Waals surface area contributed by atoms with Gasteiger partial charge in [0.05, 0.1) is 14.2 Å². The molecular weight excluding hydrogens is 226 g/mol. The molecule has 102 valence electrons. The second-order valence-electron chi connectivity index (χ2n) is 5.08. The monoisotopic (exact) mass is 251 g/mol. The van der Waals surface area contributed by atoms with Crippen LogP contribution in [0.5, 0.6) is 11.5 Å². The molecule has 3 heteroatoms. The zero-order valence-corrected chi connectivity index (χ0v) is 12.1. The smallest absolute Gasteiger partial charge is 0.128 e. The molecule has 0 saturated carbocycles.